The topological polar surface area (TPSA) is 0 Å². The van der Waals surface area contributed by atoms with Crippen LogP contribution in [0, 0.1) is 0 Å². The standard InChI is InChI=1S/2C9H11.C8H8.2ClH.Zr/c2*1-2-5-9-7-3-6-8(9)4-1;1-2-8-6-4-3-5-7-8;;;/h2*3,6-7H,1-2,4-5H2;3-7H,1H3;2*1H;/q2*-1;;;;+2/p-2. The van der Waals surface area contributed by atoms with E-state index in [1.807, 2.05) is 6.07 Å². The zero-order valence-electron chi connectivity index (χ0n) is 17.3. The number of rotatable bonds is 1. The molecule has 3 heteroatoms. The van der Waals surface area contributed by atoms with E-state index in [2.05, 4.69) is 67.6 Å². The van der Waals surface area contributed by atoms with Crippen LogP contribution in [-0.4, -0.2) is 3.21 Å². The van der Waals surface area contributed by atoms with Crippen molar-refractivity contribution < 1.29 is 49.0 Å². The first kappa shape index (κ1) is 26.3. The number of aryl methyl sites for hydroxylation is 4. The van der Waals surface area contributed by atoms with Crippen molar-refractivity contribution in [3.05, 3.63) is 94.5 Å². The summed E-state index contributed by atoms with van der Waals surface area (Å²) in [5.41, 5.74) is 7.76. The second kappa shape index (κ2) is 14.3. The number of hydrogen-bond donors (Lipinski definition) is 0. The maximum absolute atomic E-state index is 2.26. The van der Waals surface area contributed by atoms with Crippen LogP contribution in [0.1, 0.15) is 60.4 Å². The van der Waals surface area contributed by atoms with Gasteiger partial charge in [0, 0.05) is 0 Å². The van der Waals surface area contributed by atoms with Crippen molar-refractivity contribution in [1.29, 1.82) is 0 Å². The summed E-state index contributed by atoms with van der Waals surface area (Å²) in [6.07, 6.45) is 10.9. The van der Waals surface area contributed by atoms with Crippen LogP contribution >= 0.6 is 0 Å². The maximum atomic E-state index is 2.26. The van der Waals surface area contributed by atoms with Gasteiger partial charge in [0.25, 0.3) is 0 Å². The van der Waals surface area contributed by atoms with E-state index in [4.69, 9.17) is 0 Å². The van der Waals surface area contributed by atoms with Gasteiger partial charge in [0.2, 0.25) is 0 Å². The fourth-order valence-electron chi connectivity index (χ4n) is 3.91. The quantitative estimate of drug-likeness (QED) is 0.420. The predicted octanol–water partition coefficient (Wildman–Crippen LogP) is 0.350. The fourth-order valence-corrected chi connectivity index (χ4v) is 4.32. The van der Waals surface area contributed by atoms with E-state index in [0.29, 0.717) is 0 Å². The van der Waals surface area contributed by atoms with Crippen molar-refractivity contribution in [2.45, 2.75) is 58.3 Å². The fraction of sp³-hybridized carbons (Fsp3) is 0.346. The molecule has 0 aromatic heterocycles. The molecule has 0 fully saturated rings. The summed E-state index contributed by atoms with van der Waals surface area (Å²) in [5, 5.41) is 0. The molecule has 0 N–H and O–H groups in total. The van der Waals surface area contributed by atoms with Crippen LogP contribution in [0.25, 0.3) is 0 Å². The van der Waals surface area contributed by atoms with Crippen molar-refractivity contribution in [3.8, 4) is 0 Å². The molecule has 5 rings (SSSR count). The van der Waals surface area contributed by atoms with E-state index >= 15 is 0 Å². The van der Waals surface area contributed by atoms with Gasteiger partial charge in [0.05, 0.1) is 0 Å². The van der Waals surface area contributed by atoms with Gasteiger partial charge in [-0.05, 0) is 0 Å². The Bertz CT molecular complexity index is 742. The molecule has 2 aliphatic carbocycles. The molecule has 0 saturated carbocycles. The van der Waals surface area contributed by atoms with Gasteiger partial charge in [0.1, 0.15) is 0 Å². The minimum atomic E-state index is 0. The molecule has 2 aliphatic rings. The molecule has 0 nitrogen and oxygen atoms in total. The first-order valence-electron chi connectivity index (χ1n) is 10.3. The summed E-state index contributed by atoms with van der Waals surface area (Å²) in [4.78, 5) is 0. The second-order valence-corrected chi connectivity index (χ2v) is 9.40. The predicted molar refractivity (Wildman–Crippen MR) is 114 cm³/mol. The van der Waals surface area contributed by atoms with Crippen LogP contribution in [-0.2, 0) is 49.9 Å². The molecule has 0 spiro atoms. The molecule has 3 aromatic rings. The van der Waals surface area contributed by atoms with Gasteiger partial charge < -0.3 is 24.8 Å². The minimum absolute atomic E-state index is 0. The molecule has 0 aliphatic heterocycles. The molecule has 0 bridgehead atoms. The zero-order valence-corrected chi connectivity index (χ0v) is 21.2. The Morgan fingerprint density at radius 2 is 1.14 bits per heavy atom. The third kappa shape index (κ3) is 8.49. The second-order valence-electron chi connectivity index (χ2n) is 7.56. The van der Waals surface area contributed by atoms with Crippen LogP contribution in [0.4, 0.5) is 0 Å². The molecule has 0 heterocycles. The Morgan fingerprint density at radius 1 is 0.690 bits per heavy atom. The monoisotopic (exact) mass is 502 g/mol. The van der Waals surface area contributed by atoms with Crippen LogP contribution in [0.15, 0.2) is 66.7 Å². The Hall–Kier alpha value is -0.747. The summed E-state index contributed by atoms with van der Waals surface area (Å²) in [6.45, 7) is 2.16. The van der Waals surface area contributed by atoms with Gasteiger partial charge in [-0.25, -0.2) is 12.1 Å². The van der Waals surface area contributed by atoms with Gasteiger partial charge in [0.15, 0.2) is 0 Å². The summed E-state index contributed by atoms with van der Waals surface area (Å²) >= 11 is 1.51. The molecule has 0 amide bonds. The third-order valence-corrected chi connectivity index (χ3v) is 6.22. The molecular formula is C26H30Cl2Zr-2. The average Bonchev–Trinajstić information content (AvgIpc) is 3.39. The minimum Gasteiger partial charge on any atom is -1.00 e. The summed E-state index contributed by atoms with van der Waals surface area (Å²) in [6, 6.07) is 23.9. The summed E-state index contributed by atoms with van der Waals surface area (Å²) in [5.74, 6) is 0. The number of hydrogen-bond acceptors (Lipinski definition) is 0. The van der Waals surface area contributed by atoms with Gasteiger partial charge in [-0.1, -0.05) is 51.4 Å². The Morgan fingerprint density at radius 3 is 1.52 bits per heavy atom. The van der Waals surface area contributed by atoms with Crippen molar-refractivity contribution >= 4 is 3.21 Å². The van der Waals surface area contributed by atoms with E-state index in [1.54, 1.807) is 22.3 Å². The van der Waals surface area contributed by atoms with Gasteiger partial charge >= 0.3 is 70.3 Å². The molecule has 154 valence electrons. The van der Waals surface area contributed by atoms with E-state index < -0.39 is 0 Å². The van der Waals surface area contributed by atoms with E-state index in [1.165, 1.54) is 84.4 Å². The summed E-state index contributed by atoms with van der Waals surface area (Å²) < 4.78 is 1.46. The molecule has 0 unspecified atom stereocenters. The smallest absolute Gasteiger partial charge is 0.0512 e. The number of halogens is 2. The van der Waals surface area contributed by atoms with E-state index in [-0.39, 0.29) is 24.8 Å². The molecule has 0 saturated heterocycles. The van der Waals surface area contributed by atoms with Crippen molar-refractivity contribution in [3.63, 3.8) is 0 Å². The summed E-state index contributed by atoms with van der Waals surface area (Å²) in [7, 11) is 0. The van der Waals surface area contributed by atoms with E-state index in [9.17, 15) is 0 Å². The Kier molecular flexibility index (Phi) is 13.0. The van der Waals surface area contributed by atoms with Crippen LogP contribution in [0.5, 0.6) is 0 Å². The first-order valence-corrected chi connectivity index (χ1v) is 11.5. The molecule has 3 aromatic carbocycles. The van der Waals surface area contributed by atoms with Crippen molar-refractivity contribution in [2.75, 3.05) is 0 Å². The normalized spacial score (nSPS) is 13.6. The van der Waals surface area contributed by atoms with Gasteiger partial charge in [-0.15, -0.1) is 0 Å². The van der Waals surface area contributed by atoms with Crippen LogP contribution in [0.3, 0.4) is 0 Å². The van der Waals surface area contributed by atoms with E-state index in [0.717, 1.165) is 0 Å². The number of benzene rings is 1. The SMILES string of the molecule is C[C](=[Zr+2])c1ccccc1.[Cl-].[Cl-].c1cc2c([cH-]1)CCCC2.c1cc2c([cH-]1)CCCC2. The molecular weight excluding hydrogens is 474 g/mol. The van der Waals surface area contributed by atoms with Crippen molar-refractivity contribution in [2.24, 2.45) is 0 Å². The molecule has 0 atom stereocenters. The first-order chi connectivity index (χ1) is 13.2. The van der Waals surface area contributed by atoms with Crippen LogP contribution < -0.4 is 24.8 Å². The number of fused-ring (bicyclic) bond motifs is 2. The van der Waals surface area contributed by atoms with Crippen molar-refractivity contribution in [1.82, 2.24) is 0 Å². The average molecular weight is 505 g/mol. The Labute approximate surface area is 204 Å². The molecule has 29 heavy (non-hydrogen) atoms. The van der Waals surface area contributed by atoms with Gasteiger partial charge in [-0.3, -0.25) is 0 Å². The van der Waals surface area contributed by atoms with Gasteiger partial charge in [-0.2, -0.15) is 46.5 Å². The Balaban J connectivity index is 0.000000210. The van der Waals surface area contributed by atoms with Crippen LogP contribution in [0.2, 0.25) is 0 Å². The third-order valence-electron chi connectivity index (χ3n) is 5.51. The maximum Gasteiger partial charge on any atom is -0.0512 e. The zero-order chi connectivity index (χ0) is 18.9. The molecule has 0 radical (unpaired) electrons. The largest absolute Gasteiger partial charge is 1.00 e.